The Labute approximate surface area is 270 Å². The van der Waals surface area contributed by atoms with Crippen LogP contribution in [0.3, 0.4) is 0 Å². The molecule has 0 spiro atoms. The van der Waals surface area contributed by atoms with E-state index in [1.807, 2.05) is 0 Å². The Morgan fingerprint density at radius 3 is 2.24 bits per heavy atom. The largest absolute Gasteiger partial charge is 0.321 e. The first-order chi connectivity index (χ1) is 21.6. The maximum atomic E-state index is 13.4. The Bertz CT molecular complexity index is 1830. The molecule has 0 bridgehead atoms. The summed E-state index contributed by atoms with van der Waals surface area (Å²) in [5.41, 5.74) is 2.05. The van der Waals surface area contributed by atoms with Crippen molar-refractivity contribution in [1.82, 2.24) is 5.32 Å². The molecule has 45 heavy (non-hydrogen) atoms. The second kappa shape index (κ2) is 13.8. The number of Topliss-reactive ketones (excluding diaryl/α,β-unsaturated/α-hetero) is 1. The molecule has 4 aromatic rings. The van der Waals surface area contributed by atoms with Gasteiger partial charge in [0.25, 0.3) is 11.8 Å². The van der Waals surface area contributed by atoms with Crippen molar-refractivity contribution < 1.29 is 28.4 Å². The van der Waals surface area contributed by atoms with Crippen LogP contribution >= 0.6 is 27.7 Å². The van der Waals surface area contributed by atoms with Gasteiger partial charge in [-0.25, -0.2) is 9.29 Å². The highest BCUT2D eigenvalue weighted by Gasteiger charge is 2.40. The fraction of sp³-hybridized carbons (Fsp3) is 0.0882. The third-order valence-corrected chi connectivity index (χ3v) is 8.50. The summed E-state index contributed by atoms with van der Waals surface area (Å²) in [4.78, 5) is 65.7. The topological polar surface area (TPSA) is 113 Å². The molecule has 1 heterocycles. The summed E-state index contributed by atoms with van der Waals surface area (Å²) in [5.74, 6) is -2.54. The fourth-order valence-electron chi connectivity index (χ4n) is 4.50. The first-order valence-electron chi connectivity index (χ1n) is 13.7. The molecule has 0 unspecified atom stereocenters. The molecule has 0 saturated carbocycles. The maximum Gasteiger partial charge on any atom is 0.272 e. The summed E-state index contributed by atoms with van der Waals surface area (Å²) in [6.07, 6.45) is 1.51. The molecule has 4 aromatic carbocycles. The van der Waals surface area contributed by atoms with E-state index in [-0.39, 0.29) is 35.3 Å². The standard InChI is InChI=1S/C34H25BrFN3O5S/c1-20(40)22-9-15-27(16-10-22)39-31(41)19-30(34(39)44)45-28-4-2-3-26(18-28)37-33(43)29(17-21-5-11-24(35)12-6-21)38-32(42)23-7-13-25(36)14-8-23/h2-18,30H,19H2,1H3,(H,37,43)(H,38,42)/b29-17-/t30-/m0/s1. The van der Waals surface area contributed by atoms with E-state index >= 15 is 0 Å². The van der Waals surface area contributed by atoms with Crippen LogP contribution in [0.4, 0.5) is 15.8 Å². The zero-order chi connectivity index (χ0) is 32.1. The zero-order valence-electron chi connectivity index (χ0n) is 23.8. The summed E-state index contributed by atoms with van der Waals surface area (Å²) in [5, 5.41) is 4.71. The molecule has 1 aliphatic rings. The van der Waals surface area contributed by atoms with Crippen LogP contribution in [0.2, 0.25) is 0 Å². The maximum absolute atomic E-state index is 13.4. The third kappa shape index (κ3) is 7.81. The number of carbonyl (C=O) groups excluding carboxylic acids is 5. The number of imide groups is 1. The Balaban J connectivity index is 1.31. The molecule has 4 amide bonds. The third-order valence-electron chi connectivity index (χ3n) is 6.79. The average Bonchev–Trinajstić information content (AvgIpc) is 3.30. The van der Waals surface area contributed by atoms with Crippen LogP contribution in [0.25, 0.3) is 6.08 Å². The molecular weight excluding hydrogens is 661 g/mol. The molecule has 0 aromatic heterocycles. The second-order valence-corrected chi connectivity index (χ2v) is 12.2. The molecule has 8 nitrogen and oxygen atoms in total. The monoisotopic (exact) mass is 685 g/mol. The van der Waals surface area contributed by atoms with E-state index < -0.39 is 22.9 Å². The van der Waals surface area contributed by atoms with Crippen LogP contribution in [-0.2, 0) is 14.4 Å². The molecule has 0 aliphatic carbocycles. The van der Waals surface area contributed by atoms with E-state index in [0.717, 1.165) is 21.5 Å². The summed E-state index contributed by atoms with van der Waals surface area (Å²) in [7, 11) is 0. The number of ketones is 1. The first kappa shape index (κ1) is 31.6. The molecule has 0 radical (unpaired) electrons. The molecule has 5 rings (SSSR count). The van der Waals surface area contributed by atoms with Crippen LogP contribution < -0.4 is 15.5 Å². The minimum atomic E-state index is -0.682. The Hall–Kier alpha value is -4.87. The van der Waals surface area contributed by atoms with Crippen molar-refractivity contribution in [2.45, 2.75) is 23.5 Å². The minimum Gasteiger partial charge on any atom is -0.321 e. The lowest BCUT2D eigenvalue weighted by molar-refractivity contribution is -0.121. The molecule has 1 atom stereocenters. The van der Waals surface area contributed by atoms with E-state index in [2.05, 4.69) is 26.6 Å². The molecule has 226 valence electrons. The summed E-state index contributed by atoms with van der Waals surface area (Å²) in [6, 6.07) is 25.1. The van der Waals surface area contributed by atoms with E-state index in [4.69, 9.17) is 0 Å². The number of rotatable bonds is 9. The number of anilines is 2. The van der Waals surface area contributed by atoms with Crippen molar-refractivity contribution in [2.24, 2.45) is 0 Å². The van der Waals surface area contributed by atoms with Crippen LogP contribution in [-0.4, -0.2) is 34.7 Å². The minimum absolute atomic E-state index is 0.00988. The highest BCUT2D eigenvalue weighted by atomic mass is 79.9. The molecule has 11 heteroatoms. The van der Waals surface area contributed by atoms with Crippen molar-refractivity contribution in [2.75, 3.05) is 10.2 Å². The van der Waals surface area contributed by atoms with Crippen molar-refractivity contribution >= 4 is 74.6 Å². The van der Waals surface area contributed by atoms with Gasteiger partial charge in [-0.1, -0.05) is 34.1 Å². The van der Waals surface area contributed by atoms with Gasteiger partial charge in [0, 0.05) is 32.6 Å². The zero-order valence-corrected chi connectivity index (χ0v) is 26.2. The van der Waals surface area contributed by atoms with Crippen LogP contribution in [0.1, 0.15) is 39.6 Å². The summed E-state index contributed by atoms with van der Waals surface area (Å²) < 4.78 is 14.2. The van der Waals surface area contributed by atoms with Gasteiger partial charge in [0.05, 0.1) is 10.9 Å². The smallest absolute Gasteiger partial charge is 0.272 e. The SMILES string of the molecule is CC(=O)c1ccc(N2C(=O)C[C@H](Sc3cccc(NC(=O)/C(=C/c4ccc(Br)cc4)NC(=O)c4ccc(F)cc4)c3)C2=O)cc1. The van der Waals surface area contributed by atoms with Gasteiger partial charge in [-0.3, -0.25) is 24.0 Å². The van der Waals surface area contributed by atoms with Crippen molar-refractivity contribution in [3.63, 3.8) is 0 Å². The molecule has 1 fully saturated rings. The number of benzene rings is 4. The summed E-state index contributed by atoms with van der Waals surface area (Å²) >= 11 is 4.57. The van der Waals surface area contributed by atoms with E-state index in [0.29, 0.717) is 27.4 Å². The van der Waals surface area contributed by atoms with Gasteiger partial charge in [0.15, 0.2) is 5.78 Å². The van der Waals surface area contributed by atoms with E-state index in [1.54, 1.807) is 72.8 Å². The van der Waals surface area contributed by atoms with Gasteiger partial charge in [-0.15, -0.1) is 11.8 Å². The highest BCUT2D eigenvalue weighted by molar-refractivity contribution is 9.10. The van der Waals surface area contributed by atoms with Gasteiger partial charge in [-0.05, 0) is 97.4 Å². The molecule has 1 aliphatic heterocycles. The van der Waals surface area contributed by atoms with Crippen LogP contribution in [0.5, 0.6) is 0 Å². The molecular formula is C34H25BrFN3O5S. The van der Waals surface area contributed by atoms with Gasteiger partial charge in [-0.2, -0.15) is 0 Å². The van der Waals surface area contributed by atoms with E-state index in [9.17, 15) is 28.4 Å². The van der Waals surface area contributed by atoms with Crippen LogP contribution in [0.15, 0.2) is 112 Å². The fourth-order valence-corrected chi connectivity index (χ4v) is 5.88. The number of hydrogen-bond acceptors (Lipinski definition) is 6. The predicted octanol–water partition coefficient (Wildman–Crippen LogP) is 6.62. The lowest BCUT2D eigenvalue weighted by Crippen LogP contribution is -2.31. The lowest BCUT2D eigenvalue weighted by atomic mass is 10.1. The van der Waals surface area contributed by atoms with Crippen LogP contribution in [0, 0.1) is 5.82 Å². The van der Waals surface area contributed by atoms with Crippen molar-refractivity contribution in [1.29, 1.82) is 0 Å². The Morgan fingerprint density at radius 2 is 1.58 bits per heavy atom. The number of halogens is 2. The normalized spacial score (nSPS) is 14.8. The average molecular weight is 687 g/mol. The first-order valence-corrected chi connectivity index (χ1v) is 15.3. The highest BCUT2D eigenvalue weighted by Crippen LogP contribution is 2.35. The predicted molar refractivity (Wildman–Crippen MR) is 174 cm³/mol. The summed E-state index contributed by atoms with van der Waals surface area (Å²) in [6.45, 7) is 1.44. The van der Waals surface area contributed by atoms with Gasteiger partial charge in [0.2, 0.25) is 11.8 Å². The van der Waals surface area contributed by atoms with Crippen molar-refractivity contribution in [3.05, 3.63) is 130 Å². The quantitative estimate of drug-likeness (QED) is 0.116. The van der Waals surface area contributed by atoms with Crippen molar-refractivity contribution in [3.8, 4) is 0 Å². The van der Waals surface area contributed by atoms with E-state index in [1.165, 1.54) is 36.9 Å². The Kier molecular flexibility index (Phi) is 9.70. The lowest BCUT2D eigenvalue weighted by Gasteiger charge is -2.15. The van der Waals surface area contributed by atoms with Gasteiger partial charge < -0.3 is 10.6 Å². The number of nitrogens with one attached hydrogen (secondary N) is 2. The molecule has 2 N–H and O–H groups in total. The molecule has 1 saturated heterocycles. The number of thioether (sulfide) groups is 1. The number of carbonyl (C=O) groups is 5. The Morgan fingerprint density at radius 1 is 0.911 bits per heavy atom. The number of hydrogen-bond donors (Lipinski definition) is 2. The number of amides is 4. The second-order valence-electron chi connectivity index (χ2n) is 10.0. The number of nitrogens with zero attached hydrogens (tertiary/aromatic N) is 1. The van der Waals surface area contributed by atoms with Gasteiger partial charge >= 0.3 is 0 Å². The van der Waals surface area contributed by atoms with Gasteiger partial charge in [0.1, 0.15) is 11.5 Å².